The number of rotatable bonds is 3. The number of nitrogens with two attached hydrogens (primary N) is 1. The maximum atomic E-state index is 9.74. The smallest absolute Gasteiger partial charge is 0.0566 e. The Hall–Kier alpha value is -0.100. The molecule has 0 radical (unpaired) electrons. The lowest BCUT2D eigenvalue weighted by molar-refractivity contribution is 0.0657. The maximum absolute atomic E-state index is 9.74. The fraction of sp³-hybridized carbons (Fsp3) is 0.571. The molecular weight excluding hydrogens is 372 g/mol. The van der Waals surface area contributed by atoms with E-state index in [0.29, 0.717) is 12.0 Å². The molecule has 19 heavy (non-hydrogen) atoms. The summed E-state index contributed by atoms with van der Waals surface area (Å²) in [7, 11) is 0. The van der Waals surface area contributed by atoms with E-state index >= 15 is 0 Å². The highest BCUT2D eigenvalue weighted by molar-refractivity contribution is 9.11. The third-order valence-electron chi connectivity index (χ3n) is 3.89. The quantitative estimate of drug-likeness (QED) is 0.691. The molecule has 3 unspecified atom stereocenters. The Morgan fingerprint density at radius 2 is 2.11 bits per heavy atom. The summed E-state index contributed by atoms with van der Waals surface area (Å²) in [5.74, 6) is 0.373. The second-order valence-electron chi connectivity index (χ2n) is 5.40. The van der Waals surface area contributed by atoms with Crippen LogP contribution in [0.4, 0.5) is 5.69 Å². The van der Waals surface area contributed by atoms with Gasteiger partial charge in [-0.05, 0) is 58.8 Å². The van der Waals surface area contributed by atoms with Crippen LogP contribution in [-0.2, 0) is 6.54 Å². The van der Waals surface area contributed by atoms with Gasteiger partial charge in [-0.1, -0.05) is 22.9 Å². The van der Waals surface area contributed by atoms with Gasteiger partial charge in [0.05, 0.1) is 11.8 Å². The van der Waals surface area contributed by atoms with Crippen molar-refractivity contribution in [2.75, 3.05) is 5.73 Å². The minimum Gasteiger partial charge on any atom is -0.398 e. The van der Waals surface area contributed by atoms with Crippen LogP contribution in [0.2, 0.25) is 0 Å². The number of aliphatic hydroxyl groups is 1. The van der Waals surface area contributed by atoms with E-state index in [1.807, 2.05) is 12.1 Å². The van der Waals surface area contributed by atoms with Crippen LogP contribution in [0.3, 0.4) is 0 Å². The normalized spacial score (nSPS) is 27.5. The van der Waals surface area contributed by atoms with Crippen LogP contribution >= 0.6 is 31.9 Å². The Morgan fingerprint density at radius 3 is 2.79 bits per heavy atom. The number of nitrogen functional groups attached to an aromatic ring is 1. The first kappa shape index (κ1) is 15.3. The van der Waals surface area contributed by atoms with Crippen molar-refractivity contribution in [3.8, 4) is 0 Å². The highest BCUT2D eigenvalue weighted by Crippen LogP contribution is 2.29. The number of anilines is 1. The summed E-state index contributed by atoms with van der Waals surface area (Å²) in [6, 6.07) is 4.47. The van der Waals surface area contributed by atoms with Gasteiger partial charge in [0.1, 0.15) is 0 Å². The molecule has 0 amide bonds. The van der Waals surface area contributed by atoms with E-state index in [1.54, 1.807) is 0 Å². The molecule has 1 fully saturated rings. The lowest BCUT2D eigenvalue weighted by Crippen LogP contribution is -2.38. The van der Waals surface area contributed by atoms with Crippen molar-refractivity contribution < 1.29 is 5.11 Å². The van der Waals surface area contributed by atoms with E-state index in [-0.39, 0.29) is 6.10 Å². The van der Waals surface area contributed by atoms with Crippen LogP contribution in [0.1, 0.15) is 31.7 Å². The van der Waals surface area contributed by atoms with Crippen molar-refractivity contribution in [1.29, 1.82) is 0 Å². The molecule has 1 aromatic rings. The van der Waals surface area contributed by atoms with Gasteiger partial charge in [0.25, 0.3) is 0 Å². The molecule has 0 bridgehead atoms. The number of hydrogen-bond donors (Lipinski definition) is 3. The zero-order valence-corrected chi connectivity index (χ0v) is 14.2. The van der Waals surface area contributed by atoms with Gasteiger partial charge < -0.3 is 16.2 Å². The molecule has 106 valence electrons. The predicted molar refractivity (Wildman–Crippen MR) is 85.9 cm³/mol. The van der Waals surface area contributed by atoms with Crippen LogP contribution in [-0.4, -0.2) is 17.3 Å². The Kier molecular flexibility index (Phi) is 5.29. The van der Waals surface area contributed by atoms with Gasteiger partial charge >= 0.3 is 0 Å². The molecule has 0 heterocycles. The highest BCUT2D eigenvalue weighted by atomic mass is 79.9. The van der Waals surface area contributed by atoms with E-state index in [1.165, 1.54) is 0 Å². The molecule has 0 aliphatic heterocycles. The second-order valence-corrected chi connectivity index (χ2v) is 7.17. The molecular formula is C14H20Br2N2O. The molecule has 5 heteroatoms. The third-order valence-corrected chi connectivity index (χ3v) is 5.00. The molecule has 4 N–H and O–H groups in total. The molecule has 3 nitrogen and oxygen atoms in total. The number of nitrogens with one attached hydrogen (secondary N) is 1. The monoisotopic (exact) mass is 390 g/mol. The molecule has 1 aliphatic rings. The largest absolute Gasteiger partial charge is 0.398 e. The average molecular weight is 392 g/mol. The lowest BCUT2D eigenvalue weighted by Gasteiger charge is -2.31. The molecule has 0 aromatic heterocycles. The van der Waals surface area contributed by atoms with Crippen molar-refractivity contribution in [2.24, 2.45) is 5.92 Å². The first-order valence-corrected chi connectivity index (χ1v) is 8.20. The summed E-state index contributed by atoms with van der Waals surface area (Å²) >= 11 is 6.95. The van der Waals surface area contributed by atoms with Gasteiger partial charge in [0.15, 0.2) is 0 Å². The molecule has 0 saturated heterocycles. The van der Waals surface area contributed by atoms with Gasteiger partial charge in [0.2, 0.25) is 0 Å². The standard InChI is InChI=1S/C14H20Br2N2O/c1-8-4-11(2-3-13(8)19)18-7-9-5-10(15)6-12(16)14(9)17/h5-6,8,11,13,18-19H,2-4,7,17H2,1H3. The molecule has 0 spiro atoms. The van der Waals surface area contributed by atoms with Crippen LogP contribution in [0, 0.1) is 5.92 Å². The van der Waals surface area contributed by atoms with E-state index in [9.17, 15) is 5.11 Å². The van der Waals surface area contributed by atoms with Crippen molar-refractivity contribution in [1.82, 2.24) is 5.32 Å². The number of hydrogen-bond acceptors (Lipinski definition) is 3. The number of aliphatic hydroxyl groups excluding tert-OH is 1. The van der Waals surface area contributed by atoms with Gasteiger partial charge in [-0.3, -0.25) is 0 Å². The average Bonchev–Trinajstić information content (AvgIpc) is 2.36. The van der Waals surface area contributed by atoms with Crippen molar-refractivity contribution in [3.63, 3.8) is 0 Å². The summed E-state index contributed by atoms with van der Waals surface area (Å²) in [6.45, 7) is 2.87. The molecule has 1 aromatic carbocycles. The molecule has 3 atom stereocenters. The van der Waals surface area contributed by atoms with E-state index in [0.717, 1.165) is 46.0 Å². The van der Waals surface area contributed by atoms with Gasteiger partial charge in [-0.15, -0.1) is 0 Å². The summed E-state index contributed by atoms with van der Waals surface area (Å²) in [6.07, 6.45) is 2.80. The molecule has 1 saturated carbocycles. The van der Waals surface area contributed by atoms with Crippen molar-refractivity contribution in [2.45, 2.75) is 44.9 Å². The summed E-state index contributed by atoms with van der Waals surface area (Å²) < 4.78 is 1.95. The Balaban J connectivity index is 1.96. The van der Waals surface area contributed by atoms with Crippen LogP contribution < -0.4 is 11.1 Å². The SMILES string of the molecule is CC1CC(NCc2cc(Br)cc(Br)c2N)CCC1O. The van der Waals surface area contributed by atoms with E-state index in [2.05, 4.69) is 44.1 Å². The molecule has 1 aliphatic carbocycles. The minimum absolute atomic E-state index is 0.136. The third kappa shape index (κ3) is 3.94. The van der Waals surface area contributed by atoms with Crippen molar-refractivity contribution in [3.05, 3.63) is 26.6 Å². The first-order chi connectivity index (χ1) is 8.97. The fourth-order valence-electron chi connectivity index (χ4n) is 2.60. The maximum Gasteiger partial charge on any atom is 0.0566 e. The Bertz CT molecular complexity index is 453. The molecule has 2 rings (SSSR count). The second kappa shape index (κ2) is 6.57. The van der Waals surface area contributed by atoms with Crippen molar-refractivity contribution >= 4 is 37.5 Å². The summed E-state index contributed by atoms with van der Waals surface area (Å²) in [4.78, 5) is 0. The first-order valence-electron chi connectivity index (χ1n) is 6.62. The van der Waals surface area contributed by atoms with Gasteiger partial charge in [0, 0.05) is 21.5 Å². The van der Waals surface area contributed by atoms with E-state index < -0.39 is 0 Å². The fourth-order valence-corrected chi connectivity index (χ4v) is 3.92. The summed E-state index contributed by atoms with van der Waals surface area (Å²) in [5, 5.41) is 13.3. The zero-order valence-electron chi connectivity index (χ0n) is 11.0. The Labute approximate surface area is 131 Å². The predicted octanol–water partition coefficient (Wildman–Crippen LogP) is 3.43. The van der Waals surface area contributed by atoms with E-state index in [4.69, 9.17) is 5.73 Å². The lowest BCUT2D eigenvalue weighted by atomic mass is 9.84. The topological polar surface area (TPSA) is 58.3 Å². The van der Waals surface area contributed by atoms with Crippen LogP contribution in [0.5, 0.6) is 0 Å². The van der Waals surface area contributed by atoms with Crippen LogP contribution in [0.15, 0.2) is 21.1 Å². The zero-order chi connectivity index (χ0) is 14.0. The Morgan fingerprint density at radius 1 is 1.37 bits per heavy atom. The van der Waals surface area contributed by atoms with Gasteiger partial charge in [-0.2, -0.15) is 0 Å². The van der Waals surface area contributed by atoms with Gasteiger partial charge in [-0.25, -0.2) is 0 Å². The number of benzene rings is 1. The highest BCUT2D eigenvalue weighted by Gasteiger charge is 2.25. The van der Waals surface area contributed by atoms with Crippen LogP contribution in [0.25, 0.3) is 0 Å². The summed E-state index contributed by atoms with van der Waals surface area (Å²) in [5.41, 5.74) is 7.96. The minimum atomic E-state index is -0.136. The number of halogens is 2.